The molecule has 1 saturated carbocycles. The van der Waals surface area contributed by atoms with Gasteiger partial charge in [0.05, 0.1) is 24.4 Å². The van der Waals surface area contributed by atoms with Crippen LogP contribution in [0.1, 0.15) is 126 Å². The van der Waals surface area contributed by atoms with Crippen molar-refractivity contribution in [2.75, 3.05) is 41.2 Å². The molecule has 4 rings (SSSR count). The predicted molar refractivity (Wildman–Crippen MR) is 263 cm³/mol. The molecule has 0 aromatic heterocycles. The molecule has 0 unspecified atom stereocenters. The van der Waals surface area contributed by atoms with Gasteiger partial charge in [0, 0.05) is 71.8 Å². The Balaban J connectivity index is 1.70. The van der Waals surface area contributed by atoms with Crippen LogP contribution in [-0.4, -0.2) is 140 Å². The second-order valence-electron chi connectivity index (χ2n) is 20.9. The van der Waals surface area contributed by atoms with Crippen LogP contribution in [-0.2, 0) is 56.7 Å². The van der Waals surface area contributed by atoms with Crippen molar-refractivity contribution in [2.45, 2.75) is 180 Å². The number of hydrogen-bond acceptors (Lipinski definition) is 14. The summed E-state index contributed by atoms with van der Waals surface area (Å²) in [6.07, 6.45) is 11.4. The lowest BCUT2D eigenvalue weighted by molar-refractivity contribution is -0.265. The Bertz CT molecular complexity index is 1940. The van der Waals surface area contributed by atoms with E-state index in [2.05, 4.69) is 0 Å². The van der Waals surface area contributed by atoms with E-state index in [9.17, 15) is 38.8 Å². The van der Waals surface area contributed by atoms with E-state index in [0.717, 1.165) is 12.0 Å². The van der Waals surface area contributed by atoms with Crippen LogP contribution in [0, 0.1) is 35.5 Å². The maximum absolute atomic E-state index is 14.5. The summed E-state index contributed by atoms with van der Waals surface area (Å²) in [5.74, 6) is -8.11. The third kappa shape index (κ3) is 16.2. The molecule has 1 amide bonds. The van der Waals surface area contributed by atoms with E-state index in [1.807, 2.05) is 58.1 Å². The molecule has 1 aliphatic carbocycles. The van der Waals surface area contributed by atoms with Crippen molar-refractivity contribution in [1.82, 2.24) is 4.90 Å². The number of ether oxygens (including phenoxy) is 5. The highest BCUT2D eigenvalue weighted by atomic mass is 31.2. The van der Waals surface area contributed by atoms with Crippen LogP contribution in [0.4, 0.5) is 0 Å². The molecule has 3 aliphatic heterocycles. The van der Waals surface area contributed by atoms with Crippen LogP contribution in [0.2, 0.25) is 0 Å². The number of hydrogen-bond donors (Lipinski definition) is 2. The molecular formula is C53H84NO14P. The van der Waals surface area contributed by atoms with Crippen molar-refractivity contribution in [2.24, 2.45) is 35.5 Å². The van der Waals surface area contributed by atoms with Crippen LogP contribution in [0.15, 0.2) is 47.6 Å². The number of carbonyl (C=O) groups is 5. The van der Waals surface area contributed by atoms with E-state index in [0.29, 0.717) is 63.4 Å². The number of allylic oxidation sites excluding steroid dienone is 6. The van der Waals surface area contributed by atoms with Crippen molar-refractivity contribution in [1.29, 1.82) is 0 Å². The number of carbonyl (C=O) groups excluding carboxylic acids is 5. The number of piperidine rings is 1. The SMILES string of the molecule is CO[C@@H]1C(=O)[C@@H](C)C[C@@H](C)/C=C/C=C/C=C(/C)[C@H](OC)C[C@H]2CC[C@H](C)[C@@](O)(O2)C(=O)C(=O)N2CCCC[C@@H]2C(=O)O[C@H]([C@H](C)C[C@@H]2CC[C@H](OP(C)(C)=O)[C@H](OC)C2)CC(=O)[C@H](C)/C=C(\C)[C@@H]1O. The number of aliphatic hydroxyl groups is 2. The first-order valence-corrected chi connectivity index (χ1v) is 27.7. The highest BCUT2D eigenvalue weighted by molar-refractivity contribution is 7.57. The lowest BCUT2D eigenvalue weighted by Crippen LogP contribution is -2.61. The maximum atomic E-state index is 14.5. The second-order valence-corrected chi connectivity index (χ2v) is 23.6. The predicted octanol–water partition coefficient (Wildman–Crippen LogP) is 7.74. The molecule has 2 saturated heterocycles. The molecule has 15 nitrogen and oxygen atoms in total. The molecule has 2 N–H and O–H groups in total. The molecule has 2 bridgehead atoms. The standard InChI is InChI=1S/C53H84NO14P/c1-32-18-14-13-15-19-33(2)44(63-8)30-40-23-21-38(7)53(61,67-40)50(58)51(59)54-25-17-16-20-41(54)52(60)66-45(35(4)28-39-22-24-43(46(29-39)64-9)68-69(11,12)62)31-42(55)34(3)27-37(6)48(57)49(65-10)47(56)36(5)26-32/h13-15,18-19,27,32,34-36,38-41,43-46,48-49,57,61H,16-17,20-26,28-31H2,1-12H3/b15-13+,18-14+,33-19-,37-27+/t32-,34+,35+,36-,38-,39-,40+,41+,43-,44+,45-,46+,48-,49+,53+/m0/s1. The van der Waals surface area contributed by atoms with Crippen molar-refractivity contribution < 1.29 is 67.0 Å². The molecule has 4 aliphatic rings. The second kappa shape index (κ2) is 26.5. The van der Waals surface area contributed by atoms with Gasteiger partial charge in [-0.15, -0.1) is 0 Å². The summed E-state index contributed by atoms with van der Waals surface area (Å²) in [6.45, 7) is 15.9. The van der Waals surface area contributed by atoms with Gasteiger partial charge in [0.25, 0.3) is 11.7 Å². The Morgan fingerprint density at radius 2 is 1.57 bits per heavy atom. The minimum atomic E-state index is -2.79. The van der Waals surface area contributed by atoms with Crippen molar-refractivity contribution in [3.63, 3.8) is 0 Å². The van der Waals surface area contributed by atoms with Crippen molar-refractivity contribution in [3.05, 3.63) is 47.6 Å². The van der Waals surface area contributed by atoms with Crippen molar-refractivity contribution in [3.8, 4) is 0 Å². The Labute approximate surface area is 411 Å². The van der Waals surface area contributed by atoms with E-state index in [1.54, 1.807) is 54.4 Å². The third-order valence-corrected chi connectivity index (χ3v) is 15.6. The zero-order valence-corrected chi connectivity index (χ0v) is 44.3. The molecule has 0 aromatic rings. The van der Waals surface area contributed by atoms with Gasteiger partial charge in [-0.05, 0) is 107 Å². The molecule has 0 radical (unpaired) electrons. The minimum absolute atomic E-state index is 0.0117. The normalized spacial score (nSPS) is 39.0. The lowest BCUT2D eigenvalue weighted by atomic mass is 9.78. The summed E-state index contributed by atoms with van der Waals surface area (Å²) in [7, 11) is 1.76. The van der Waals surface area contributed by atoms with Gasteiger partial charge in [-0.3, -0.25) is 23.7 Å². The number of rotatable bonds is 8. The van der Waals surface area contributed by atoms with Gasteiger partial charge < -0.3 is 43.3 Å². The Morgan fingerprint density at radius 3 is 2.22 bits per heavy atom. The van der Waals surface area contributed by atoms with Gasteiger partial charge in [0.15, 0.2) is 13.2 Å². The highest BCUT2D eigenvalue weighted by Gasteiger charge is 2.53. The fourth-order valence-corrected chi connectivity index (χ4v) is 11.4. The smallest absolute Gasteiger partial charge is 0.329 e. The van der Waals surface area contributed by atoms with Gasteiger partial charge in [0.2, 0.25) is 5.79 Å². The summed E-state index contributed by atoms with van der Waals surface area (Å²) in [6, 6.07) is -1.16. The molecule has 0 spiro atoms. The number of nitrogens with zero attached hydrogens (tertiary/aromatic N) is 1. The first-order chi connectivity index (χ1) is 32.4. The maximum Gasteiger partial charge on any atom is 0.329 e. The monoisotopic (exact) mass is 990 g/mol. The first kappa shape index (κ1) is 58.4. The van der Waals surface area contributed by atoms with Crippen LogP contribution in [0.5, 0.6) is 0 Å². The van der Waals surface area contributed by atoms with Crippen LogP contribution >= 0.6 is 7.37 Å². The molecule has 69 heavy (non-hydrogen) atoms. The van der Waals surface area contributed by atoms with E-state index in [1.165, 1.54) is 12.0 Å². The Morgan fingerprint density at radius 1 is 0.855 bits per heavy atom. The number of fused-ring (bicyclic) bond motifs is 3. The largest absolute Gasteiger partial charge is 0.460 e. The summed E-state index contributed by atoms with van der Waals surface area (Å²) in [5, 5.41) is 23.5. The van der Waals surface area contributed by atoms with Crippen LogP contribution < -0.4 is 0 Å². The summed E-state index contributed by atoms with van der Waals surface area (Å²) in [5.41, 5.74) is 1.25. The summed E-state index contributed by atoms with van der Waals surface area (Å²) >= 11 is 0. The fraction of sp³-hybridized carbons (Fsp3) is 0.755. The van der Waals surface area contributed by atoms with E-state index >= 15 is 0 Å². The van der Waals surface area contributed by atoms with Crippen LogP contribution in [0.3, 0.4) is 0 Å². The molecule has 15 atom stereocenters. The number of methoxy groups -OCH3 is 3. The van der Waals surface area contributed by atoms with Gasteiger partial charge in [-0.2, -0.15) is 0 Å². The summed E-state index contributed by atoms with van der Waals surface area (Å²) in [4.78, 5) is 72.2. The average Bonchev–Trinajstić information content (AvgIpc) is 3.30. The Hall–Kier alpha value is -3.14. The number of ketones is 3. The van der Waals surface area contributed by atoms with Gasteiger partial charge in [-0.1, -0.05) is 71.1 Å². The van der Waals surface area contributed by atoms with Gasteiger partial charge in [-0.25, -0.2) is 4.79 Å². The molecular weight excluding hydrogens is 906 g/mol. The van der Waals surface area contributed by atoms with E-state index in [4.69, 9.17) is 28.2 Å². The number of amides is 1. The highest BCUT2D eigenvalue weighted by Crippen LogP contribution is 2.45. The zero-order valence-electron chi connectivity index (χ0n) is 43.4. The zero-order chi connectivity index (χ0) is 51.4. The average molecular weight is 990 g/mol. The number of Topliss-reactive ketones (excluding diaryl/α,β-unsaturated/α-hetero) is 3. The molecule has 390 valence electrons. The van der Waals surface area contributed by atoms with Crippen molar-refractivity contribution >= 4 is 36.6 Å². The van der Waals surface area contributed by atoms with Gasteiger partial charge >= 0.3 is 5.97 Å². The number of aliphatic hydroxyl groups excluding tert-OH is 1. The topological polar surface area (TPSA) is 201 Å². The fourth-order valence-electron chi connectivity index (χ4n) is 10.5. The molecule has 0 aromatic carbocycles. The number of esters is 1. The van der Waals surface area contributed by atoms with Crippen LogP contribution in [0.25, 0.3) is 0 Å². The minimum Gasteiger partial charge on any atom is -0.460 e. The lowest BCUT2D eigenvalue weighted by Gasteiger charge is -2.42. The molecule has 3 fully saturated rings. The molecule has 3 heterocycles. The quantitative estimate of drug-likeness (QED) is 0.104. The van der Waals surface area contributed by atoms with Gasteiger partial charge in [0.1, 0.15) is 30.1 Å². The first-order valence-electron chi connectivity index (χ1n) is 25.2. The third-order valence-electron chi connectivity index (χ3n) is 14.8. The summed E-state index contributed by atoms with van der Waals surface area (Å²) < 4.78 is 48.2. The number of cyclic esters (lactones) is 1. The molecule has 16 heteroatoms. The van der Waals surface area contributed by atoms with E-state index in [-0.39, 0.29) is 60.9 Å². The van der Waals surface area contributed by atoms with E-state index < -0.39 is 85.1 Å². The Kier molecular flexibility index (Phi) is 22.5.